The number of aliphatic carboxylic acids is 1. The average molecular weight is 382 g/mol. The summed E-state index contributed by atoms with van der Waals surface area (Å²) in [7, 11) is 0. The molecule has 2 N–H and O–H groups in total. The maximum Gasteiger partial charge on any atom is 0.341 e. The van der Waals surface area contributed by atoms with E-state index in [9.17, 15) is 14.4 Å². The van der Waals surface area contributed by atoms with E-state index in [2.05, 4.69) is 5.32 Å². The van der Waals surface area contributed by atoms with Crippen molar-refractivity contribution in [2.75, 3.05) is 17.8 Å². The molecule has 0 atom stereocenters. The fourth-order valence-electron chi connectivity index (χ4n) is 2.00. The molecule has 0 unspecified atom stereocenters. The number of ether oxygens (including phenoxy) is 1. The zero-order valence-corrected chi connectivity index (χ0v) is 14.3. The molecule has 130 valence electrons. The maximum absolute atomic E-state index is 12.7. The number of nitrogens with one attached hydrogen (secondary N) is 1. The van der Waals surface area contributed by atoms with Gasteiger partial charge in [0.15, 0.2) is 12.4 Å². The van der Waals surface area contributed by atoms with Crippen LogP contribution in [0.1, 0.15) is 15.9 Å². The number of carbonyl (C=O) groups excluding carboxylic acids is 2. The molecule has 2 aromatic rings. The fourth-order valence-corrected chi connectivity index (χ4v) is 2.24. The maximum atomic E-state index is 12.7. The molecular formula is C17H13Cl2NO5. The summed E-state index contributed by atoms with van der Waals surface area (Å²) in [6.07, 6.45) is 0. The van der Waals surface area contributed by atoms with Gasteiger partial charge in [0.2, 0.25) is 5.91 Å². The number of carboxylic acid groups (broad SMARTS) is 1. The summed E-state index contributed by atoms with van der Waals surface area (Å²) in [5.74, 6) is -1.96. The van der Waals surface area contributed by atoms with Gasteiger partial charge < -0.3 is 15.2 Å². The van der Waals surface area contributed by atoms with E-state index >= 15 is 0 Å². The predicted octanol–water partition coefficient (Wildman–Crippen LogP) is 3.21. The average Bonchev–Trinajstić information content (AvgIpc) is 2.60. The second kappa shape index (κ2) is 8.50. The summed E-state index contributed by atoms with van der Waals surface area (Å²) in [4.78, 5) is 34.6. The largest absolute Gasteiger partial charge is 0.481 e. The van der Waals surface area contributed by atoms with Gasteiger partial charge in [-0.15, -0.1) is 11.6 Å². The number of ketones is 1. The highest BCUT2D eigenvalue weighted by molar-refractivity contribution is 6.31. The minimum Gasteiger partial charge on any atom is -0.481 e. The van der Waals surface area contributed by atoms with Gasteiger partial charge >= 0.3 is 5.97 Å². The van der Waals surface area contributed by atoms with Gasteiger partial charge in [0.25, 0.3) is 0 Å². The smallest absolute Gasteiger partial charge is 0.341 e. The predicted molar refractivity (Wildman–Crippen MR) is 93.8 cm³/mol. The van der Waals surface area contributed by atoms with Crippen LogP contribution >= 0.6 is 23.2 Å². The SMILES string of the molecule is O=C(O)COc1ccc(Cl)cc1C(=O)c1ccc(NC(=O)CCl)cc1. The third-order valence-electron chi connectivity index (χ3n) is 3.09. The molecule has 6 nitrogen and oxygen atoms in total. The number of benzene rings is 2. The van der Waals surface area contributed by atoms with Crippen LogP contribution in [0.4, 0.5) is 5.69 Å². The Balaban J connectivity index is 2.26. The van der Waals surface area contributed by atoms with Gasteiger partial charge in [-0.1, -0.05) is 11.6 Å². The van der Waals surface area contributed by atoms with Crippen LogP contribution in [0.3, 0.4) is 0 Å². The third-order valence-corrected chi connectivity index (χ3v) is 3.57. The van der Waals surface area contributed by atoms with Crippen LogP contribution in [0.25, 0.3) is 0 Å². The van der Waals surface area contributed by atoms with Gasteiger partial charge in [0.1, 0.15) is 11.6 Å². The van der Waals surface area contributed by atoms with Crippen molar-refractivity contribution in [3.63, 3.8) is 0 Å². The van der Waals surface area contributed by atoms with Crippen molar-refractivity contribution in [2.24, 2.45) is 0 Å². The Kier molecular flexibility index (Phi) is 6.38. The van der Waals surface area contributed by atoms with Crippen LogP contribution in [0.15, 0.2) is 42.5 Å². The van der Waals surface area contributed by atoms with Crippen LogP contribution in [-0.4, -0.2) is 35.3 Å². The van der Waals surface area contributed by atoms with Crippen molar-refractivity contribution in [3.05, 3.63) is 58.6 Å². The number of carboxylic acids is 1. The third kappa shape index (κ3) is 5.20. The molecule has 0 spiro atoms. The van der Waals surface area contributed by atoms with E-state index in [4.69, 9.17) is 33.0 Å². The molecule has 2 aromatic carbocycles. The van der Waals surface area contributed by atoms with Gasteiger partial charge in [-0.2, -0.15) is 0 Å². The Bertz CT molecular complexity index is 805. The van der Waals surface area contributed by atoms with E-state index in [1.807, 2.05) is 0 Å². The molecule has 0 saturated heterocycles. The van der Waals surface area contributed by atoms with Crippen LogP contribution in [-0.2, 0) is 9.59 Å². The Hall–Kier alpha value is -2.57. The molecule has 0 saturated carbocycles. The first-order chi connectivity index (χ1) is 11.9. The zero-order chi connectivity index (χ0) is 18.4. The first kappa shape index (κ1) is 18.8. The quantitative estimate of drug-likeness (QED) is 0.567. The number of alkyl halides is 1. The highest BCUT2D eigenvalue weighted by atomic mass is 35.5. The van der Waals surface area contributed by atoms with Gasteiger partial charge in [-0.3, -0.25) is 9.59 Å². The number of halogens is 2. The highest BCUT2D eigenvalue weighted by Gasteiger charge is 2.16. The van der Waals surface area contributed by atoms with Crippen molar-refractivity contribution in [1.29, 1.82) is 0 Å². The molecular weight excluding hydrogens is 369 g/mol. The van der Waals surface area contributed by atoms with Crippen molar-refractivity contribution in [1.82, 2.24) is 0 Å². The topological polar surface area (TPSA) is 92.7 Å². The summed E-state index contributed by atoms with van der Waals surface area (Å²) in [6, 6.07) is 10.5. The lowest BCUT2D eigenvalue weighted by Gasteiger charge is -2.10. The molecule has 25 heavy (non-hydrogen) atoms. The summed E-state index contributed by atoms with van der Waals surface area (Å²) in [5.41, 5.74) is 0.966. The molecule has 0 aromatic heterocycles. The van der Waals surface area contributed by atoms with Gasteiger partial charge in [-0.05, 0) is 42.5 Å². The Morgan fingerprint density at radius 3 is 2.36 bits per heavy atom. The van der Waals surface area contributed by atoms with E-state index < -0.39 is 18.4 Å². The minimum atomic E-state index is -1.16. The molecule has 0 fully saturated rings. The highest BCUT2D eigenvalue weighted by Crippen LogP contribution is 2.26. The second-order valence-electron chi connectivity index (χ2n) is 4.91. The number of hydrogen-bond donors (Lipinski definition) is 2. The minimum absolute atomic E-state index is 0.122. The Morgan fingerprint density at radius 1 is 1.08 bits per heavy atom. The van der Waals surface area contributed by atoms with Crippen molar-refractivity contribution >= 4 is 46.5 Å². The molecule has 0 aliphatic rings. The molecule has 0 bridgehead atoms. The Morgan fingerprint density at radius 2 is 1.76 bits per heavy atom. The summed E-state index contributed by atoms with van der Waals surface area (Å²) >= 11 is 11.3. The molecule has 8 heteroatoms. The van der Waals surface area contributed by atoms with E-state index in [0.717, 1.165) is 0 Å². The molecule has 0 radical (unpaired) electrons. The summed E-state index contributed by atoms with van der Waals surface area (Å²) in [6.45, 7) is -0.578. The van der Waals surface area contributed by atoms with E-state index in [1.54, 1.807) is 12.1 Å². The van der Waals surface area contributed by atoms with Gasteiger partial charge in [-0.25, -0.2) is 4.79 Å². The first-order valence-electron chi connectivity index (χ1n) is 7.05. The van der Waals surface area contributed by atoms with Crippen LogP contribution in [0.2, 0.25) is 5.02 Å². The van der Waals surface area contributed by atoms with Crippen LogP contribution < -0.4 is 10.1 Å². The monoisotopic (exact) mass is 381 g/mol. The van der Waals surface area contributed by atoms with Gasteiger partial charge in [0, 0.05) is 16.3 Å². The Labute approximate surface area is 153 Å². The zero-order valence-electron chi connectivity index (χ0n) is 12.8. The molecule has 2 rings (SSSR count). The molecule has 0 aliphatic carbocycles. The number of amides is 1. The van der Waals surface area contributed by atoms with Crippen molar-refractivity contribution < 1.29 is 24.2 Å². The van der Waals surface area contributed by atoms with Crippen molar-refractivity contribution in [3.8, 4) is 5.75 Å². The van der Waals surface area contributed by atoms with Crippen molar-refractivity contribution in [2.45, 2.75) is 0 Å². The number of rotatable bonds is 7. The molecule has 0 heterocycles. The lowest BCUT2D eigenvalue weighted by molar-refractivity contribution is -0.139. The molecule has 0 aliphatic heterocycles. The number of carbonyl (C=O) groups is 3. The fraction of sp³-hybridized carbons (Fsp3) is 0.118. The number of anilines is 1. The summed E-state index contributed by atoms with van der Waals surface area (Å²) < 4.78 is 5.14. The first-order valence-corrected chi connectivity index (χ1v) is 7.96. The van der Waals surface area contributed by atoms with Gasteiger partial charge in [0.05, 0.1) is 5.56 Å². The van der Waals surface area contributed by atoms with E-state index in [1.165, 1.54) is 30.3 Å². The van der Waals surface area contributed by atoms with E-state index in [0.29, 0.717) is 16.3 Å². The normalized spacial score (nSPS) is 10.2. The lowest BCUT2D eigenvalue weighted by Crippen LogP contribution is -2.13. The standard InChI is InChI=1S/C17H13Cl2NO5/c18-8-15(21)20-12-4-1-10(2-5-12)17(24)13-7-11(19)3-6-14(13)25-9-16(22)23/h1-7H,8-9H2,(H,20,21)(H,22,23). The molecule has 1 amide bonds. The van der Waals surface area contributed by atoms with E-state index in [-0.39, 0.29) is 23.1 Å². The summed E-state index contributed by atoms with van der Waals surface area (Å²) in [5, 5.41) is 11.6. The second-order valence-corrected chi connectivity index (χ2v) is 5.61. The van der Waals surface area contributed by atoms with Crippen LogP contribution in [0, 0.1) is 0 Å². The van der Waals surface area contributed by atoms with Crippen LogP contribution in [0.5, 0.6) is 5.75 Å². The lowest BCUT2D eigenvalue weighted by atomic mass is 10.0. The number of hydrogen-bond acceptors (Lipinski definition) is 4.